The molecule has 2 heterocycles. The summed E-state index contributed by atoms with van der Waals surface area (Å²) in [6, 6.07) is 10.4. The molecule has 1 aliphatic carbocycles. The van der Waals surface area contributed by atoms with Gasteiger partial charge in [-0.15, -0.1) is 0 Å². The number of hydrogen-bond donors (Lipinski definition) is 1. The topological polar surface area (TPSA) is 90.1 Å². The van der Waals surface area contributed by atoms with Crippen LogP contribution in [-0.2, 0) is 0 Å². The summed E-state index contributed by atoms with van der Waals surface area (Å²) in [5.41, 5.74) is 2.44. The van der Waals surface area contributed by atoms with E-state index in [0.29, 0.717) is 28.9 Å². The first-order valence-corrected chi connectivity index (χ1v) is 8.89. The lowest BCUT2D eigenvalue weighted by molar-refractivity contribution is 0.0932. The normalized spacial score (nSPS) is 14.6. The molecule has 1 N–H and O–H groups in total. The summed E-state index contributed by atoms with van der Waals surface area (Å²) in [5.74, 6) is 1.79. The maximum absolute atomic E-state index is 12.4. The fraction of sp³-hybridized carbons (Fsp3) is 0.300. The van der Waals surface area contributed by atoms with Gasteiger partial charge >= 0.3 is 0 Å². The first-order chi connectivity index (χ1) is 13.1. The minimum absolute atomic E-state index is 0.235. The van der Waals surface area contributed by atoms with Crippen LogP contribution in [0.25, 0.3) is 11.4 Å². The van der Waals surface area contributed by atoms with Gasteiger partial charge in [0.2, 0.25) is 11.7 Å². The zero-order valence-electron chi connectivity index (χ0n) is 15.2. The molecule has 7 heteroatoms. The Kier molecular flexibility index (Phi) is 4.58. The van der Waals surface area contributed by atoms with Gasteiger partial charge in [0.25, 0.3) is 5.91 Å². The predicted molar refractivity (Wildman–Crippen MR) is 98.4 cm³/mol. The van der Waals surface area contributed by atoms with E-state index in [1.807, 2.05) is 12.1 Å². The summed E-state index contributed by atoms with van der Waals surface area (Å²) in [4.78, 5) is 21.3. The van der Waals surface area contributed by atoms with Crippen LogP contribution in [0.2, 0.25) is 0 Å². The van der Waals surface area contributed by atoms with Crippen molar-refractivity contribution in [1.82, 2.24) is 20.4 Å². The van der Waals surface area contributed by atoms with E-state index in [9.17, 15) is 4.79 Å². The Morgan fingerprint density at radius 3 is 2.93 bits per heavy atom. The first-order valence-electron chi connectivity index (χ1n) is 8.89. The summed E-state index contributed by atoms with van der Waals surface area (Å²) in [7, 11) is 1.56. The van der Waals surface area contributed by atoms with Crippen LogP contribution in [0.15, 0.2) is 47.1 Å². The molecule has 1 aromatic carbocycles. The fourth-order valence-electron chi connectivity index (χ4n) is 2.82. The number of nitrogens with one attached hydrogen (secondary N) is 1. The van der Waals surface area contributed by atoms with Crippen LogP contribution in [0.3, 0.4) is 0 Å². The molecule has 1 atom stereocenters. The van der Waals surface area contributed by atoms with Crippen molar-refractivity contribution in [3.63, 3.8) is 0 Å². The number of aromatic nitrogens is 3. The number of ether oxygens (including phenoxy) is 1. The smallest absolute Gasteiger partial charge is 0.252 e. The van der Waals surface area contributed by atoms with Crippen molar-refractivity contribution in [2.45, 2.75) is 31.7 Å². The van der Waals surface area contributed by atoms with E-state index >= 15 is 0 Å². The number of carbonyl (C=O) groups excluding carboxylic acids is 1. The Hall–Kier alpha value is -3.22. The van der Waals surface area contributed by atoms with Crippen molar-refractivity contribution in [1.29, 1.82) is 0 Å². The quantitative estimate of drug-likeness (QED) is 0.720. The molecular formula is C20H20N4O3. The van der Waals surface area contributed by atoms with E-state index in [1.54, 1.807) is 44.5 Å². The highest BCUT2D eigenvalue weighted by Gasteiger charge is 2.25. The van der Waals surface area contributed by atoms with Gasteiger partial charge in [-0.2, -0.15) is 4.98 Å². The molecule has 1 saturated carbocycles. The molecule has 2 aromatic heterocycles. The highest BCUT2D eigenvalue weighted by atomic mass is 16.5. The molecule has 1 aliphatic rings. The molecule has 1 fully saturated rings. The van der Waals surface area contributed by atoms with Crippen LogP contribution in [0, 0.1) is 0 Å². The van der Waals surface area contributed by atoms with Crippen molar-refractivity contribution in [2.24, 2.45) is 0 Å². The molecule has 1 amide bonds. The summed E-state index contributed by atoms with van der Waals surface area (Å²) >= 11 is 0. The Morgan fingerprint density at radius 1 is 1.30 bits per heavy atom. The lowest BCUT2D eigenvalue weighted by Gasteiger charge is -2.10. The van der Waals surface area contributed by atoms with Crippen LogP contribution >= 0.6 is 0 Å². The minimum atomic E-state index is -0.422. The number of pyridine rings is 1. The van der Waals surface area contributed by atoms with Gasteiger partial charge in [-0.1, -0.05) is 11.2 Å². The minimum Gasteiger partial charge on any atom is -0.497 e. The molecule has 3 aromatic rings. The molecule has 0 radical (unpaired) electrons. The fourth-order valence-corrected chi connectivity index (χ4v) is 2.82. The Morgan fingerprint density at radius 2 is 2.15 bits per heavy atom. The van der Waals surface area contributed by atoms with Crippen molar-refractivity contribution in [3.8, 4) is 17.1 Å². The molecule has 0 spiro atoms. The number of rotatable bonds is 6. The third kappa shape index (κ3) is 3.81. The first kappa shape index (κ1) is 17.2. The molecule has 138 valence electrons. The number of hydrogen-bond acceptors (Lipinski definition) is 6. The zero-order chi connectivity index (χ0) is 18.8. The molecule has 0 unspecified atom stereocenters. The van der Waals surface area contributed by atoms with Gasteiger partial charge in [-0.05, 0) is 50.1 Å². The SMILES string of the molecule is COc1cccc(C(=O)N[C@@H](C)c2nc(-c3ccnc(C4CC4)c3)no2)c1. The number of nitrogens with zero attached hydrogens (tertiary/aromatic N) is 3. The van der Waals surface area contributed by atoms with E-state index in [2.05, 4.69) is 20.4 Å². The van der Waals surface area contributed by atoms with Crippen molar-refractivity contribution < 1.29 is 14.1 Å². The van der Waals surface area contributed by atoms with E-state index in [0.717, 1.165) is 11.3 Å². The lowest BCUT2D eigenvalue weighted by atomic mass is 10.1. The van der Waals surface area contributed by atoms with E-state index < -0.39 is 6.04 Å². The predicted octanol–water partition coefficient (Wildman–Crippen LogP) is 3.51. The highest BCUT2D eigenvalue weighted by Crippen LogP contribution is 2.39. The van der Waals surface area contributed by atoms with E-state index in [1.165, 1.54) is 12.8 Å². The molecule has 0 saturated heterocycles. The van der Waals surface area contributed by atoms with Gasteiger partial charge in [0.1, 0.15) is 11.8 Å². The molecule has 0 aliphatic heterocycles. The summed E-state index contributed by atoms with van der Waals surface area (Å²) < 4.78 is 10.5. The van der Waals surface area contributed by atoms with Crippen LogP contribution in [-0.4, -0.2) is 28.1 Å². The third-order valence-corrected chi connectivity index (χ3v) is 4.53. The average molecular weight is 364 g/mol. The van der Waals surface area contributed by atoms with Gasteiger partial charge in [0.15, 0.2) is 0 Å². The largest absolute Gasteiger partial charge is 0.497 e. The van der Waals surface area contributed by atoms with Crippen molar-refractivity contribution in [3.05, 3.63) is 59.7 Å². The third-order valence-electron chi connectivity index (χ3n) is 4.53. The number of methoxy groups -OCH3 is 1. The Labute approximate surface area is 156 Å². The molecular weight excluding hydrogens is 344 g/mol. The Bertz CT molecular complexity index is 965. The van der Waals surface area contributed by atoms with Gasteiger partial charge in [-0.3, -0.25) is 9.78 Å². The monoisotopic (exact) mass is 364 g/mol. The molecule has 27 heavy (non-hydrogen) atoms. The van der Waals surface area contributed by atoms with Gasteiger partial charge in [0, 0.05) is 28.9 Å². The van der Waals surface area contributed by atoms with Crippen molar-refractivity contribution >= 4 is 5.91 Å². The molecule has 0 bridgehead atoms. The summed E-state index contributed by atoms with van der Waals surface area (Å²) in [5, 5.41) is 6.92. The van der Waals surface area contributed by atoms with Crippen LogP contribution < -0.4 is 10.1 Å². The summed E-state index contributed by atoms with van der Waals surface area (Å²) in [6.45, 7) is 1.80. The van der Waals surface area contributed by atoms with Gasteiger partial charge in [-0.25, -0.2) is 0 Å². The number of amides is 1. The molecule has 4 rings (SSSR count). The lowest BCUT2D eigenvalue weighted by Crippen LogP contribution is -2.26. The summed E-state index contributed by atoms with van der Waals surface area (Å²) in [6.07, 6.45) is 4.13. The second-order valence-electron chi connectivity index (χ2n) is 6.63. The van der Waals surface area contributed by atoms with Gasteiger partial charge in [0.05, 0.1) is 7.11 Å². The van der Waals surface area contributed by atoms with E-state index in [-0.39, 0.29) is 5.91 Å². The second kappa shape index (κ2) is 7.19. The van der Waals surface area contributed by atoms with Crippen LogP contribution in [0.5, 0.6) is 5.75 Å². The number of benzene rings is 1. The maximum atomic E-state index is 12.4. The maximum Gasteiger partial charge on any atom is 0.252 e. The van der Waals surface area contributed by atoms with Gasteiger partial charge < -0.3 is 14.6 Å². The van der Waals surface area contributed by atoms with Crippen LogP contribution in [0.4, 0.5) is 0 Å². The Balaban J connectivity index is 1.47. The second-order valence-corrected chi connectivity index (χ2v) is 6.63. The molecule has 7 nitrogen and oxygen atoms in total. The standard InChI is InChI=1S/C20H20N4O3/c1-12(22-19(25)15-4-3-5-16(10-15)26-2)20-23-18(24-27-20)14-8-9-21-17(11-14)13-6-7-13/h3-5,8-13H,6-7H2,1-2H3,(H,22,25)/t12-/m0/s1. The van der Waals surface area contributed by atoms with E-state index in [4.69, 9.17) is 9.26 Å². The number of carbonyl (C=O) groups is 1. The highest BCUT2D eigenvalue weighted by molar-refractivity contribution is 5.94. The zero-order valence-corrected chi connectivity index (χ0v) is 15.2. The average Bonchev–Trinajstić information content (AvgIpc) is 3.44. The van der Waals surface area contributed by atoms with Crippen LogP contribution in [0.1, 0.15) is 53.7 Å². The van der Waals surface area contributed by atoms with Crippen molar-refractivity contribution in [2.75, 3.05) is 7.11 Å².